The van der Waals surface area contributed by atoms with Crippen LogP contribution in [0.2, 0.25) is 0 Å². The van der Waals surface area contributed by atoms with Crippen molar-refractivity contribution in [1.82, 2.24) is 24.0 Å². The fraction of sp³-hybridized carbons (Fsp3) is 0.350. The third-order valence-corrected chi connectivity index (χ3v) is 4.97. The van der Waals surface area contributed by atoms with E-state index in [4.69, 9.17) is 4.74 Å². The highest BCUT2D eigenvalue weighted by molar-refractivity contribution is 5.96. The van der Waals surface area contributed by atoms with Crippen molar-refractivity contribution in [3.63, 3.8) is 0 Å². The van der Waals surface area contributed by atoms with Gasteiger partial charge in [0.2, 0.25) is 0 Å². The first-order valence-corrected chi connectivity index (χ1v) is 9.32. The van der Waals surface area contributed by atoms with Gasteiger partial charge in [-0.3, -0.25) is 23.5 Å². The number of nitrogens with one attached hydrogen (secondary N) is 1. The predicted molar refractivity (Wildman–Crippen MR) is 109 cm³/mol. The summed E-state index contributed by atoms with van der Waals surface area (Å²) in [7, 11) is 2.92. The Hall–Kier alpha value is -3.69. The van der Waals surface area contributed by atoms with Crippen molar-refractivity contribution in [2.45, 2.75) is 20.4 Å². The summed E-state index contributed by atoms with van der Waals surface area (Å²) in [6.45, 7) is 3.75. The number of carbonyl (C=O) groups excluding carboxylic acids is 2. The summed E-state index contributed by atoms with van der Waals surface area (Å²) in [5.41, 5.74) is 2.10. The van der Waals surface area contributed by atoms with E-state index in [0.29, 0.717) is 5.56 Å². The topological polar surface area (TPSA) is 117 Å². The number of aryl methyl sites for hydroxylation is 3. The van der Waals surface area contributed by atoms with E-state index in [-0.39, 0.29) is 36.8 Å². The van der Waals surface area contributed by atoms with E-state index in [0.717, 1.165) is 15.7 Å². The minimum Gasteiger partial charge on any atom is -0.462 e. The van der Waals surface area contributed by atoms with Crippen molar-refractivity contribution in [2.75, 3.05) is 13.2 Å². The number of fused-ring (bicyclic) bond motifs is 1. The first kappa shape index (κ1) is 21.0. The molecule has 10 heteroatoms. The van der Waals surface area contributed by atoms with Crippen LogP contribution in [0.25, 0.3) is 11.2 Å². The van der Waals surface area contributed by atoms with Crippen LogP contribution in [0.1, 0.15) is 21.5 Å². The molecule has 3 aromatic rings. The maximum atomic E-state index is 12.4. The number of nitrogens with zero attached hydrogens (tertiary/aromatic N) is 4. The van der Waals surface area contributed by atoms with Crippen molar-refractivity contribution >= 4 is 23.0 Å². The first-order chi connectivity index (χ1) is 14.2. The molecule has 0 spiro atoms. The molecular weight excluding hydrogens is 390 g/mol. The number of carbonyl (C=O) groups is 2. The Morgan fingerprint density at radius 2 is 1.83 bits per heavy atom. The van der Waals surface area contributed by atoms with Crippen LogP contribution in [0.5, 0.6) is 0 Å². The van der Waals surface area contributed by atoms with Gasteiger partial charge >= 0.3 is 11.7 Å². The molecule has 0 aliphatic heterocycles. The zero-order valence-electron chi connectivity index (χ0n) is 17.3. The fourth-order valence-corrected chi connectivity index (χ4v) is 3.01. The molecule has 158 valence electrons. The summed E-state index contributed by atoms with van der Waals surface area (Å²) in [5, 5.41) is 2.52. The molecule has 1 aromatic carbocycles. The Morgan fingerprint density at radius 1 is 1.10 bits per heavy atom. The normalized spacial score (nSPS) is 10.9. The van der Waals surface area contributed by atoms with Gasteiger partial charge in [0.25, 0.3) is 11.5 Å². The van der Waals surface area contributed by atoms with Gasteiger partial charge in [-0.2, -0.15) is 0 Å². The number of hydrogen-bond donors (Lipinski definition) is 1. The lowest BCUT2D eigenvalue weighted by Gasteiger charge is -2.09. The highest BCUT2D eigenvalue weighted by atomic mass is 16.5. The lowest BCUT2D eigenvalue weighted by atomic mass is 10.1. The van der Waals surface area contributed by atoms with E-state index in [1.807, 2.05) is 19.9 Å². The third-order valence-electron chi connectivity index (χ3n) is 4.97. The Bertz CT molecular complexity index is 1250. The van der Waals surface area contributed by atoms with E-state index < -0.39 is 17.2 Å². The molecule has 0 unspecified atom stereocenters. The van der Waals surface area contributed by atoms with Crippen molar-refractivity contribution in [1.29, 1.82) is 0 Å². The molecule has 0 aliphatic carbocycles. The molecular formula is C20H23N5O5. The van der Waals surface area contributed by atoms with Crippen LogP contribution < -0.4 is 16.6 Å². The van der Waals surface area contributed by atoms with Gasteiger partial charge in [-0.1, -0.05) is 6.07 Å². The molecule has 0 bridgehead atoms. The molecule has 0 saturated carbocycles. The molecule has 10 nitrogen and oxygen atoms in total. The smallest absolute Gasteiger partial charge is 0.332 e. The Labute approximate surface area is 171 Å². The third kappa shape index (κ3) is 4.02. The maximum absolute atomic E-state index is 12.4. The van der Waals surface area contributed by atoms with Crippen LogP contribution in [-0.2, 0) is 30.2 Å². The van der Waals surface area contributed by atoms with Gasteiger partial charge < -0.3 is 14.6 Å². The SMILES string of the molecule is Cc1ccc(C(=O)NCC(=O)OCCn2cnc3c2c(=O)n(C)c(=O)n3C)cc1C. The maximum Gasteiger partial charge on any atom is 0.332 e. The molecule has 0 saturated heterocycles. The summed E-state index contributed by atoms with van der Waals surface area (Å²) < 4.78 is 8.94. The average molecular weight is 413 g/mol. The molecule has 30 heavy (non-hydrogen) atoms. The Kier molecular flexibility index (Phi) is 5.86. The van der Waals surface area contributed by atoms with Crippen LogP contribution >= 0.6 is 0 Å². The van der Waals surface area contributed by atoms with E-state index >= 15 is 0 Å². The average Bonchev–Trinajstić information content (AvgIpc) is 3.15. The lowest BCUT2D eigenvalue weighted by Crippen LogP contribution is -2.37. The second-order valence-electron chi connectivity index (χ2n) is 7.02. The highest BCUT2D eigenvalue weighted by Gasteiger charge is 2.15. The number of esters is 1. The Morgan fingerprint density at radius 3 is 2.53 bits per heavy atom. The van der Waals surface area contributed by atoms with E-state index in [9.17, 15) is 19.2 Å². The minimum atomic E-state index is -0.600. The molecule has 0 radical (unpaired) electrons. The summed E-state index contributed by atoms with van der Waals surface area (Å²) in [5.74, 6) is -0.961. The van der Waals surface area contributed by atoms with Crippen LogP contribution in [0.15, 0.2) is 34.1 Å². The van der Waals surface area contributed by atoms with E-state index in [2.05, 4.69) is 10.3 Å². The van der Waals surface area contributed by atoms with E-state index in [1.54, 1.807) is 12.1 Å². The number of rotatable bonds is 6. The van der Waals surface area contributed by atoms with Crippen molar-refractivity contribution in [2.24, 2.45) is 14.1 Å². The minimum absolute atomic E-state index is 0.0181. The number of ether oxygens (including phenoxy) is 1. The van der Waals surface area contributed by atoms with Crippen LogP contribution in [0, 0.1) is 13.8 Å². The van der Waals surface area contributed by atoms with Gasteiger partial charge in [-0.15, -0.1) is 0 Å². The first-order valence-electron chi connectivity index (χ1n) is 9.32. The summed E-state index contributed by atoms with van der Waals surface area (Å²) in [6.07, 6.45) is 1.42. The number of imidazole rings is 1. The summed E-state index contributed by atoms with van der Waals surface area (Å²) >= 11 is 0. The standard InChI is InChI=1S/C20H23N5O5/c1-12-5-6-14(9-13(12)2)18(27)21-10-15(26)30-8-7-25-11-22-17-16(25)19(28)24(4)20(29)23(17)3/h5-6,9,11H,7-8,10H2,1-4H3,(H,21,27). The zero-order chi connectivity index (χ0) is 22.0. The predicted octanol–water partition coefficient (Wildman–Crippen LogP) is 0.0237. The Balaban J connectivity index is 1.57. The second kappa shape index (κ2) is 8.36. The lowest BCUT2D eigenvalue weighted by molar-refractivity contribution is -0.142. The number of amides is 1. The van der Waals surface area contributed by atoms with Crippen LogP contribution in [0.4, 0.5) is 0 Å². The zero-order valence-corrected chi connectivity index (χ0v) is 17.3. The molecule has 2 heterocycles. The van der Waals surface area contributed by atoms with Gasteiger partial charge in [-0.05, 0) is 37.1 Å². The molecule has 1 N–H and O–H groups in total. The molecule has 0 atom stereocenters. The quantitative estimate of drug-likeness (QED) is 0.570. The molecule has 0 fully saturated rings. The van der Waals surface area contributed by atoms with Gasteiger partial charge in [0, 0.05) is 19.7 Å². The molecule has 3 rings (SSSR count). The summed E-state index contributed by atoms with van der Waals surface area (Å²) in [6, 6.07) is 5.30. The number of hydrogen-bond acceptors (Lipinski definition) is 6. The molecule has 1 amide bonds. The van der Waals surface area contributed by atoms with Crippen LogP contribution in [-0.4, -0.2) is 43.7 Å². The van der Waals surface area contributed by atoms with Gasteiger partial charge in [-0.25, -0.2) is 9.78 Å². The van der Waals surface area contributed by atoms with E-state index in [1.165, 1.54) is 29.6 Å². The van der Waals surface area contributed by atoms with Crippen molar-refractivity contribution in [3.8, 4) is 0 Å². The van der Waals surface area contributed by atoms with Gasteiger partial charge in [0.15, 0.2) is 11.2 Å². The second-order valence-corrected chi connectivity index (χ2v) is 7.02. The number of aromatic nitrogens is 4. The van der Waals surface area contributed by atoms with Crippen molar-refractivity contribution < 1.29 is 14.3 Å². The molecule has 0 aliphatic rings. The monoisotopic (exact) mass is 413 g/mol. The van der Waals surface area contributed by atoms with Crippen molar-refractivity contribution in [3.05, 3.63) is 62.1 Å². The fourth-order valence-electron chi connectivity index (χ4n) is 3.01. The number of benzene rings is 1. The summed E-state index contributed by atoms with van der Waals surface area (Å²) in [4.78, 5) is 52.5. The van der Waals surface area contributed by atoms with Gasteiger partial charge in [0.05, 0.1) is 12.9 Å². The van der Waals surface area contributed by atoms with Crippen LogP contribution in [0.3, 0.4) is 0 Å². The molecule has 2 aromatic heterocycles. The highest BCUT2D eigenvalue weighted by Crippen LogP contribution is 2.09. The largest absolute Gasteiger partial charge is 0.462 e. The van der Waals surface area contributed by atoms with Gasteiger partial charge in [0.1, 0.15) is 13.2 Å².